The molecule has 0 aliphatic rings. The molecule has 0 radical (unpaired) electrons. The molecule has 0 bridgehead atoms. The number of hydrogen-bond acceptors (Lipinski definition) is 4. The predicted octanol–water partition coefficient (Wildman–Crippen LogP) is 0.0402. The summed E-state index contributed by atoms with van der Waals surface area (Å²) < 4.78 is 0.863. The van der Waals surface area contributed by atoms with E-state index in [0.29, 0.717) is 22.9 Å². The van der Waals surface area contributed by atoms with Gasteiger partial charge in [0.05, 0.1) is 11.0 Å². The number of benzene rings is 1. The molecule has 0 atom stereocenters. The summed E-state index contributed by atoms with van der Waals surface area (Å²) in [5.41, 5.74) is 1.27. The second kappa shape index (κ2) is 2.95. The summed E-state index contributed by atoms with van der Waals surface area (Å²) in [5, 5.41) is 10.6. The van der Waals surface area contributed by atoms with Crippen molar-refractivity contribution >= 4 is 23.4 Å². The quantitative estimate of drug-likeness (QED) is 0.593. The van der Waals surface area contributed by atoms with Crippen LogP contribution in [0.3, 0.4) is 0 Å². The maximum absolute atomic E-state index is 10.6. The molecule has 1 heterocycles. The zero-order valence-corrected chi connectivity index (χ0v) is 7.01. The summed E-state index contributed by atoms with van der Waals surface area (Å²) in [6.07, 6.45) is 0.427. The van der Waals surface area contributed by atoms with Crippen LogP contribution in [0, 0.1) is 0 Å². The van der Waals surface area contributed by atoms with Crippen LogP contribution in [0.5, 0.6) is 0 Å². The molecule has 14 heavy (non-hydrogen) atoms. The van der Waals surface area contributed by atoms with Crippen LogP contribution in [0.1, 0.15) is 10.4 Å². The van der Waals surface area contributed by atoms with Crippen molar-refractivity contribution in [3.8, 4) is 0 Å². The van der Waals surface area contributed by atoms with Crippen LogP contribution in [0.2, 0.25) is 0 Å². The van der Waals surface area contributed by atoms with Crippen LogP contribution in [0.4, 0.5) is 4.79 Å². The van der Waals surface area contributed by atoms with Gasteiger partial charge < -0.3 is 9.90 Å². The van der Waals surface area contributed by atoms with Gasteiger partial charge in [0, 0.05) is 5.56 Å². The summed E-state index contributed by atoms with van der Waals surface area (Å²) in [7, 11) is 0. The topological polar surface area (TPSA) is 75.0 Å². The third-order valence-corrected chi connectivity index (χ3v) is 1.90. The Morgan fingerprint density at radius 1 is 1.50 bits per heavy atom. The number of aromatic nitrogens is 2. The van der Waals surface area contributed by atoms with Crippen LogP contribution in [0.25, 0.3) is 11.0 Å². The normalized spacial score (nSPS) is 10.3. The van der Waals surface area contributed by atoms with Crippen LogP contribution in [-0.2, 0) is 0 Å². The molecule has 0 aliphatic heterocycles. The maximum Gasteiger partial charge on any atom is 0.150 e. The first kappa shape index (κ1) is 8.43. The minimum atomic E-state index is -1.37. The lowest BCUT2D eigenvalue weighted by molar-refractivity contribution is -0.249. The summed E-state index contributed by atoms with van der Waals surface area (Å²) >= 11 is 0. The number of carbonyl (C=O) groups is 2. The fraction of sp³-hybridized carbons (Fsp3) is 0. The molecule has 5 nitrogen and oxygen atoms in total. The number of carboxylic acid groups (broad SMARTS) is 1. The molecule has 0 N–H and O–H groups in total. The average Bonchev–Trinajstić information content (AvgIpc) is 2.59. The molecular weight excluding hydrogens is 184 g/mol. The van der Waals surface area contributed by atoms with Gasteiger partial charge in [-0.05, 0) is 18.2 Å². The molecule has 1 aromatic heterocycles. The van der Waals surface area contributed by atoms with Crippen molar-refractivity contribution in [2.75, 3.05) is 0 Å². The number of hydrogen-bond donors (Lipinski definition) is 0. The minimum Gasteiger partial charge on any atom is -0.529 e. The van der Waals surface area contributed by atoms with E-state index in [1.807, 2.05) is 0 Å². The fourth-order valence-corrected chi connectivity index (χ4v) is 1.24. The first-order valence-electron chi connectivity index (χ1n) is 3.86. The van der Waals surface area contributed by atoms with Gasteiger partial charge in [-0.3, -0.25) is 9.36 Å². The van der Waals surface area contributed by atoms with Crippen LogP contribution >= 0.6 is 0 Å². The van der Waals surface area contributed by atoms with Crippen molar-refractivity contribution in [2.45, 2.75) is 0 Å². The summed E-state index contributed by atoms with van der Waals surface area (Å²) in [6.45, 7) is 0. The standard InChI is InChI=1S/C9H6N2O3/c12-4-6-1-2-7-8(3-6)11(5-10-7)9(13)14/h1-5H,(H,13,14)/p-1. The lowest BCUT2D eigenvalue weighted by Crippen LogP contribution is -2.27. The van der Waals surface area contributed by atoms with E-state index in [1.54, 1.807) is 12.1 Å². The Labute approximate surface area is 78.6 Å². The molecule has 0 spiro atoms. The Kier molecular flexibility index (Phi) is 1.78. The third-order valence-electron chi connectivity index (χ3n) is 1.90. The van der Waals surface area contributed by atoms with E-state index >= 15 is 0 Å². The van der Waals surface area contributed by atoms with E-state index in [0.717, 1.165) is 10.9 Å². The molecule has 0 amide bonds. The molecule has 0 fully saturated rings. The fourth-order valence-electron chi connectivity index (χ4n) is 1.24. The minimum absolute atomic E-state index is 0.356. The Bertz CT molecular complexity index is 516. The molecule has 0 aliphatic carbocycles. The molecule has 70 valence electrons. The Morgan fingerprint density at radius 3 is 2.93 bits per heavy atom. The lowest BCUT2D eigenvalue weighted by Gasteiger charge is -2.03. The van der Waals surface area contributed by atoms with E-state index in [-0.39, 0.29) is 0 Å². The predicted molar refractivity (Wildman–Crippen MR) is 45.9 cm³/mol. The smallest absolute Gasteiger partial charge is 0.150 e. The van der Waals surface area contributed by atoms with Gasteiger partial charge in [0.15, 0.2) is 0 Å². The highest BCUT2D eigenvalue weighted by molar-refractivity contribution is 5.89. The van der Waals surface area contributed by atoms with Crippen LogP contribution in [0.15, 0.2) is 24.5 Å². The van der Waals surface area contributed by atoms with Crippen molar-refractivity contribution < 1.29 is 14.7 Å². The van der Waals surface area contributed by atoms with Crippen molar-refractivity contribution in [3.05, 3.63) is 30.1 Å². The van der Waals surface area contributed by atoms with E-state index in [4.69, 9.17) is 0 Å². The molecule has 0 saturated heterocycles. The molecule has 1 aromatic carbocycles. The van der Waals surface area contributed by atoms with Gasteiger partial charge in [0.25, 0.3) is 0 Å². The highest BCUT2D eigenvalue weighted by Gasteiger charge is 2.03. The largest absolute Gasteiger partial charge is 0.529 e. The number of rotatable bonds is 1. The first-order chi connectivity index (χ1) is 6.72. The van der Waals surface area contributed by atoms with Crippen molar-refractivity contribution in [3.63, 3.8) is 0 Å². The van der Waals surface area contributed by atoms with Gasteiger partial charge in [-0.1, -0.05) is 0 Å². The highest BCUT2D eigenvalue weighted by atomic mass is 16.4. The second-order valence-corrected chi connectivity index (χ2v) is 2.75. The second-order valence-electron chi connectivity index (χ2n) is 2.75. The van der Waals surface area contributed by atoms with Gasteiger partial charge >= 0.3 is 0 Å². The number of nitrogens with zero attached hydrogens (tertiary/aromatic N) is 2. The zero-order chi connectivity index (χ0) is 10.1. The Hall–Kier alpha value is -2.17. The third kappa shape index (κ3) is 1.15. The van der Waals surface area contributed by atoms with E-state index in [9.17, 15) is 14.7 Å². The van der Waals surface area contributed by atoms with E-state index in [2.05, 4.69) is 4.98 Å². The first-order valence-corrected chi connectivity index (χ1v) is 3.86. The van der Waals surface area contributed by atoms with Crippen LogP contribution < -0.4 is 5.11 Å². The molecule has 0 saturated carbocycles. The zero-order valence-electron chi connectivity index (χ0n) is 7.01. The lowest BCUT2D eigenvalue weighted by atomic mass is 10.2. The molecular formula is C9H5N2O3-. The van der Waals surface area contributed by atoms with Gasteiger partial charge in [0.1, 0.15) is 18.7 Å². The van der Waals surface area contributed by atoms with Gasteiger partial charge in [-0.25, -0.2) is 4.98 Å². The summed E-state index contributed by atoms with van der Waals surface area (Å²) in [5.74, 6) is 0. The van der Waals surface area contributed by atoms with E-state index < -0.39 is 6.09 Å². The monoisotopic (exact) mass is 189 g/mol. The van der Waals surface area contributed by atoms with Crippen molar-refractivity contribution in [1.29, 1.82) is 0 Å². The molecule has 5 heteroatoms. The number of carbonyl (C=O) groups excluding carboxylic acids is 2. The number of aldehydes is 1. The van der Waals surface area contributed by atoms with Gasteiger partial charge in [0.2, 0.25) is 0 Å². The average molecular weight is 189 g/mol. The Morgan fingerprint density at radius 2 is 2.29 bits per heavy atom. The van der Waals surface area contributed by atoms with Crippen molar-refractivity contribution in [1.82, 2.24) is 9.55 Å². The van der Waals surface area contributed by atoms with Gasteiger partial charge in [-0.2, -0.15) is 0 Å². The summed E-state index contributed by atoms with van der Waals surface area (Å²) in [6, 6.07) is 4.60. The van der Waals surface area contributed by atoms with Crippen LogP contribution in [-0.4, -0.2) is 21.9 Å². The Balaban J connectivity index is 2.75. The summed E-state index contributed by atoms with van der Waals surface area (Å²) in [4.78, 5) is 24.9. The van der Waals surface area contributed by atoms with Gasteiger partial charge in [-0.15, -0.1) is 0 Å². The highest BCUT2D eigenvalue weighted by Crippen LogP contribution is 2.13. The number of imidazole rings is 1. The molecule has 2 rings (SSSR count). The van der Waals surface area contributed by atoms with E-state index in [1.165, 1.54) is 6.07 Å². The van der Waals surface area contributed by atoms with Crippen molar-refractivity contribution in [2.24, 2.45) is 0 Å². The number of fused-ring (bicyclic) bond motifs is 1. The molecule has 0 unspecified atom stereocenters. The molecule has 2 aromatic rings. The SMILES string of the molecule is O=Cc1ccc2ncn(C(=O)[O-])c2c1. The maximum atomic E-state index is 10.6.